The van der Waals surface area contributed by atoms with Crippen LogP contribution in [0.5, 0.6) is 0 Å². The van der Waals surface area contributed by atoms with Crippen molar-refractivity contribution in [3.05, 3.63) is 47.4 Å². The third kappa shape index (κ3) is 2.93. The van der Waals surface area contributed by atoms with E-state index in [0.717, 1.165) is 32.0 Å². The molecule has 1 saturated carbocycles. The first-order valence-electron chi connectivity index (χ1n) is 8.85. The molecule has 5 heteroatoms. The average Bonchev–Trinajstić information content (AvgIpc) is 3.16. The maximum Gasteiger partial charge on any atom is 0.150 e. The van der Waals surface area contributed by atoms with Gasteiger partial charge in [-0.3, -0.25) is 10.00 Å². The van der Waals surface area contributed by atoms with E-state index in [2.05, 4.69) is 39.9 Å². The van der Waals surface area contributed by atoms with Crippen LogP contribution in [0.15, 0.2) is 30.3 Å². The van der Waals surface area contributed by atoms with Crippen LogP contribution in [-0.2, 0) is 5.41 Å². The predicted octanol–water partition coefficient (Wildman–Crippen LogP) is 3.48. The van der Waals surface area contributed by atoms with Crippen molar-refractivity contribution in [2.24, 2.45) is 0 Å². The Balaban J connectivity index is 1.37. The van der Waals surface area contributed by atoms with Crippen LogP contribution in [0.2, 0.25) is 0 Å². The lowest BCUT2D eigenvalue weighted by Gasteiger charge is -2.38. The third-order valence-corrected chi connectivity index (χ3v) is 5.75. The summed E-state index contributed by atoms with van der Waals surface area (Å²) in [6, 6.07) is 9.42. The zero-order valence-corrected chi connectivity index (χ0v) is 14.4. The number of aromatic amines is 1. The number of anilines is 1. The molecule has 2 fully saturated rings. The summed E-state index contributed by atoms with van der Waals surface area (Å²) < 4.78 is 13.1. The molecule has 0 amide bonds. The molecule has 128 valence electrons. The lowest BCUT2D eigenvalue weighted by atomic mass is 10.1. The zero-order valence-electron chi connectivity index (χ0n) is 14.4. The summed E-state index contributed by atoms with van der Waals surface area (Å²) in [4.78, 5) is 4.82. The molecule has 2 heterocycles. The number of piperazine rings is 1. The summed E-state index contributed by atoms with van der Waals surface area (Å²) in [5.74, 6) is 0.904. The Labute approximate surface area is 142 Å². The highest BCUT2D eigenvalue weighted by Crippen LogP contribution is 2.47. The first-order valence-corrected chi connectivity index (χ1v) is 8.85. The third-order valence-electron chi connectivity index (χ3n) is 5.75. The lowest BCUT2D eigenvalue weighted by molar-refractivity contribution is 0.198. The number of rotatable bonds is 4. The van der Waals surface area contributed by atoms with Crippen LogP contribution < -0.4 is 4.90 Å². The topological polar surface area (TPSA) is 35.2 Å². The number of nitrogens with zero attached hydrogens (tertiary/aromatic N) is 3. The van der Waals surface area contributed by atoms with Gasteiger partial charge in [0.05, 0.1) is 0 Å². The van der Waals surface area contributed by atoms with Crippen molar-refractivity contribution >= 4 is 5.82 Å². The average molecular weight is 328 g/mol. The Hall–Kier alpha value is -1.88. The van der Waals surface area contributed by atoms with Gasteiger partial charge >= 0.3 is 0 Å². The van der Waals surface area contributed by atoms with Crippen LogP contribution in [0.25, 0.3) is 0 Å². The molecule has 24 heavy (non-hydrogen) atoms. The SMILES string of the molecule is CC(c1ccc(F)cc1)N1CCN(c2cc(C3(C)CC3)[nH]n2)CC1. The van der Waals surface area contributed by atoms with Gasteiger partial charge in [0.25, 0.3) is 0 Å². The second kappa shape index (κ2) is 5.88. The van der Waals surface area contributed by atoms with Gasteiger partial charge in [-0.1, -0.05) is 19.1 Å². The second-order valence-electron chi connectivity index (χ2n) is 7.45. The highest BCUT2D eigenvalue weighted by molar-refractivity contribution is 5.43. The maximum absolute atomic E-state index is 13.1. The van der Waals surface area contributed by atoms with Crippen LogP contribution in [0, 0.1) is 5.82 Å². The molecule has 1 atom stereocenters. The van der Waals surface area contributed by atoms with Gasteiger partial charge in [0, 0.05) is 49.4 Å². The van der Waals surface area contributed by atoms with E-state index in [9.17, 15) is 4.39 Å². The van der Waals surface area contributed by atoms with Gasteiger partial charge in [0.1, 0.15) is 5.82 Å². The van der Waals surface area contributed by atoms with Crippen LogP contribution in [0.1, 0.15) is 44.0 Å². The number of hydrogen-bond donors (Lipinski definition) is 1. The van der Waals surface area contributed by atoms with Crippen LogP contribution in [0.4, 0.5) is 10.2 Å². The van der Waals surface area contributed by atoms with Crippen LogP contribution in [0.3, 0.4) is 0 Å². The van der Waals surface area contributed by atoms with E-state index in [1.165, 1.54) is 24.1 Å². The molecule has 1 saturated heterocycles. The van der Waals surface area contributed by atoms with Gasteiger partial charge in [-0.2, -0.15) is 5.10 Å². The number of benzene rings is 1. The van der Waals surface area contributed by atoms with Crippen molar-refractivity contribution in [3.8, 4) is 0 Å². The molecular formula is C19H25FN4. The van der Waals surface area contributed by atoms with E-state index in [4.69, 9.17) is 0 Å². The zero-order chi connectivity index (χ0) is 16.7. The van der Waals surface area contributed by atoms with E-state index in [-0.39, 0.29) is 5.82 Å². The van der Waals surface area contributed by atoms with Crippen LogP contribution in [-0.4, -0.2) is 41.3 Å². The van der Waals surface area contributed by atoms with Gasteiger partial charge in [-0.25, -0.2) is 4.39 Å². The van der Waals surface area contributed by atoms with Gasteiger partial charge in [-0.15, -0.1) is 0 Å². The van der Waals surface area contributed by atoms with Crippen molar-refractivity contribution in [1.29, 1.82) is 0 Å². The summed E-state index contributed by atoms with van der Waals surface area (Å²) in [5.41, 5.74) is 2.79. The lowest BCUT2D eigenvalue weighted by Crippen LogP contribution is -2.47. The molecule has 0 spiro atoms. The van der Waals surface area contributed by atoms with Crippen molar-refractivity contribution in [2.45, 2.75) is 38.1 Å². The first-order chi connectivity index (χ1) is 11.5. The molecule has 1 aliphatic carbocycles. The number of H-pyrrole nitrogens is 1. The molecule has 1 aromatic carbocycles. The quantitative estimate of drug-likeness (QED) is 0.933. The van der Waals surface area contributed by atoms with E-state index < -0.39 is 0 Å². The molecular weight excluding hydrogens is 303 g/mol. The summed E-state index contributed by atoms with van der Waals surface area (Å²) in [5, 5.41) is 7.75. The molecule has 0 radical (unpaired) electrons. The fourth-order valence-electron chi connectivity index (χ4n) is 3.53. The summed E-state index contributed by atoms with van der Waals surface area (Å²) in [6.07, 6.45) is 2.52. The first kappa shape index (κ1) is 15.6. The molecule has 2 aliphatic rings. The van der Waals surface area contributed by atoms with E-state index in [1.54, 1.807) is 12.1 Å². The maximum atomic E-state index is 13.1. The van der Waals surface area contributed by atoms with Gasteiger partial charge < -0.3 is 4.90 Å². The second-order valence-corrected chi connectivity index (χ2v) is 7.45. The van der Waals surface area contributed by atoms with Crippen molar-refractivity contribution in [1.82, 2.24) is 15.1 Å². The molecule has 1 unspecified atom stereocenters. The Morgan fingerprint density at radius 3 is 2.42 bits per heavy atom. The van der Waals surface area contributed by atoms with Gasteiger partial charge in [-0.05, 0) is 37.5 Å². The number of aromatic nitrogens is 2. The Morgan fingerprint density at radius 1 is 1.12 bits per heavy atom. The van der Waals surface area contributed by atoms with E-state index in [1.807, 2.05) is 12.1 Å². The Morgan fingerprint density at radius 2 is 1.79 bits per heavy atom. The minimum atomic E-state index is -0.172. The largest absolute Gasteiger partial charge is 0.353 e. The molecule has 4 rings (SSSR count). The Bertz CT molecular complexity index is 696. The van der Waals surface area contributed by atoms with Gasteiger partial charge in [0.15, 0.2) is 5.82 Å². The van der Waals surface area contributed by atoms with E-state index in [0.29, 0.717) is 11.5 Å². The smallest absolute Gasteiger partial charge is 0.150 e. The number of nitrogens with one attached hydrogen (secondary N) is 1. The van der Waals surface area contributed by atoms with Crippen LogP contribution >= 0.6 is 0 Å². The summed E-state index contributed by atoms with van der Waals surface area (Å²) in [7, 11) is 0. The van der Waals surface area contributed by atoms with Crippen molar-refractivity contribution < 1.29 is 4.39 Å². The Kier molecular flexibility index (Phi) is 3.83. The van der Waals surface area contributed by atoms with Crippen molar-refractivity contribution in [3.63, 3.8) is 0 Å². The number of hydrogen-bond acceptors (Lipinski definition) is 3. The minimum Gasteiger partial charge on any atom is -0.353 e. The molecule has 1 aliphatic heterocycles. The summed E-state index contributed by atoms with van der Waals surface area (Å²) >= 11 is 0. The normalized spacial score (nSPS) is 21.7. The minimum absolute atomic E-state index is 0.172. The van der Waals surface area contributed by atoms with E-state index >= 15 is 0 Å². The summed E-state index contributed by atoms with van der Waals surface area (Å²) in [6.45, 7) is 8.45. The molecule has 0 bridgehead atoms. The molecule has 1 aromatic heterocycles. The predicted molar refractivity (Wildman–Crippen MR) is 93.8 cm³/mol. The highest BCUT2D eigenvalue weighted by atomic mass is 19.1. The number of halogens is 1. The molecule has 1 N–H and O–H groups in total. The van der Waals surface area contributed by atoms with Crippen molar-refractivity contribution in [2.75, 3.05) is 31.1 Å². The standard InChI is InChI=1S/C19H25FN4/c1-14(15-3-5-16(20)6-4-15)23-9-11-24(12-10-23)18-13-17(21-22-18)19(2)7-8-19/h3-6,13-14H,7-12H2,1-2H3,(H,21,22). The highest BCUT2D eigenvalue weighted by Gasteiger charge is 2.41. The monoisotopic (exact) mass is 328 g/mol. The van der Waals surface area contributed by atoms with Gasteiger partial charge in [0.2, 0.25) is 0 Å². The molecule has 4 nitrogen and oxygen atoms in total. The fraction of sp³-hybridized carbons (Fsp3) is 0.526. The fourth-order valence-corrected chi connectivity index (χ4v) is 3.53. The molecule has 2 aromatic rings.